The quantitative estimate of drug-likeness (QED) is 0.618. The first-order chi connectivity index (χ1) is 13.5. The van der Waals surface area contributed by atoms with Crippen LogP contribution in [0.1, 0.15) is 18.5 Å². The summed E-state index contributed by atoms with van der Waals surface area (Å²) >= 11 is 6.04. The molecule has 0 spiro atoms. The van der Waals surface area contributed by atoms with E-state index in [-0.39, 0.29) is 16.5 Å². The van der Waals surface area contributed by atoms with Gasteiger partial charge in [0.15, 0.2) is 0 Å². The van der Waals surface area contributed by atoms with Gasteiger partial charge in [0.1, 0.15) is 11.5 Å². The summed E-state index contributed by atoms with van der Waals surface area (Å²) in [6.45, 7) is 5.82. The van der Waals surface area contributed by atoms with Gasteiger partial charge >= 0.3 is 0 Å². The molecule has 0 amide bonds. The number of rotatable bonds is 4. The summed E-state index contributed by atoms with van der Waals surface area (Å²) in [6.07, 6.45) is 1.77. The lowest BCUT2D eigenvalue weighted by Gasteiger charge is -2.39. The molecular formula is C21H23ClN4O2. The minimum atomic E-state index is -0.146. The molecule has 1 aliphatic heterocycles. The molecule has 0 radical (unpaired) electrons. The number of hydrogen-bond acceptors (Lipinski definition) is 5. The van der Waals surface area contributed by atoms with Crippen LogP contribution in [0.4, 0.5) is 5.69 Å². The van der Waals surface area contributed by atoms with Crippen molar-refractivity contribution in [3.05, 3.63) is 59.2 Å². The van der Waals surface area contributed by atoms with Crippen molar-refractivity contribution < 1.29 is 10.2 Å². The Labute approximate surface area is 169 Å². The molecule has 6 nitrogen and oxygen atoms in total. The molecule has 1 aromatic heterocycles. The van der Waals surface area contributed by atoms with Crippen LogP contribution < -0.4 is 4.90 Å². The van der Waals surface area contributed by atoms with Crippen LogP contribution in [-0.4, -0.2) is 51.5 Å². The van der Waals surface area contributed by atoms with Crippen LogP contribution in [0.2, 0.25) is 5.02 Å². The molecule has 2 aromatic carbocycles. The van der Waals surface area contributed by atoms with Gasteiger partial charge in [-0.05, 0) is 18.6 Å². The molecule has 1 unspecified atom stereocenters. The minimum Gasteiger partial charge on any atom is -0.507 e. The third kappa shape index (κ3) is 3.53. The number of aromatic hydroxyl groups is 2. The third-order valence-electron chi connectivity index (χ3n) is 5.44. The lowest BCUT2D eigenvalue weighted by molar-refractivity contribution is 0.198. The van der Waals surface area contributed by atoms with Crippen LogP contribution >= 0.6 is 11.6 Å². The Morgan fingerprint density at radius 2 is 1.75 bits per heavy atom. The summed E-state index contributed by atoms with van der Waals surface area (Å²) in [5, 5.41) is 27.3. The number of nitrogens with zero attached hydrogens (tertiary/aromatic N) is 3. The summed E-state index contributed by atoms with van der Waals surface area (Å²) in [4.78, 5) is 4.73. The zero-order valence-electron chi connectivity index (χ0n) is 15.6. The first kappa shape index (κ1) is 18.7. The van der Waals surface area contributed by atoms with E-state index < -0.39 is 0 Å². The topological polar surface area (TPSA) is 75.6 Å². The first-order valence-electron chi connectivity index (χ1n) is 9.33. The van der Waals surface area contributed by atoms with Gasteiger partial charge in [-0.1, -0.05) is 41.9 Å². The Hall–Kier alpha value is -2.70. The van der Waals surface area contributed by atoms with Gasteiger partial charge in [-0.2, -0.15) is 5.10 Å². The summed E-state index contributed by atoms with van der Waals surface area (Å²) in [7, 11) is 0. The fraction of sp³-hybridized carbons (Fsp3) is 0.286. The van der Waals surface area contributed by atoms with Crippen LogP contribution in [0.15, 0.2) is 48.7 Å². The number of aromatic amines is 1. The summed E-state index contributed by atoms with van der Waals surface area (Å²) in [6, 6.07) is 13.7. The van der Waals surface area contributed by atoms with Gasteiger partial charge in [0.2, 0.25) is 0 Å². The Bertz CT molecular complexity index is 952. The molecule has 4 rings (SSSR count). The number of H-pyrrole nitrogens is 1. The van der Waals surface area contributed by atoms with E-state index in [1.807, 2.05) is 6.07 Å². The van der Waals surface area contributed by atoms with Gasteiger partial charge in [0.05, 0.1) is 22.6 Å². The van der Waals surface area contributed by atoms with E-state index >= 15 is 0 Å². The Kier molecular flexibility index (Phi) is 5.15. The van der Waals surface area contributed by atoms with Crippen molar-refractivity contribution in [3.8, 4) is 22.8 Å². The molecule has 1 fully saturated rings. The van der Waals surface area contributed by atoms with E-state index in [9.17, 15) is 10.2 Å². The lowest BCUT2D eigenvalue weighted by Crippen LogP contribution is -2.47. The number of phenolic OH excluding ortho intramolecular Hbond substituents is 2. The van der Waals surface area contributed by atoms with Gasteiger partial charge in [-0.3, -0.25) is 10.00 Å². The Morgan fingerprint density at radius 1 is 1.04 bits per heavy atom. The fourth-order valence-corrected chi connectivity index (χ4v) is 3.92. The van der Waals surface area contributed by atoms with Crippen LogP contribution in [0.3, 0.4) is 0 Å². The second-order valence-electron chi connectivity index (χ2n) is 7.06. The van der Waals surface area contributed by atoms with Gasteiger partial charge in [-0.25, -0.2) is 0 Å². The molecule has 1 atom stereocenters. The largest absolute Gasteiger partial charge is 0.507 e. The van der Waals surface area contributed by atoms with E-state index in [1.165, 1.54) is 11.6 Å². The molecular weight excluding hydrogens is 376 g/mol. The highest BCUT2D eigenvalue weighted by atomic mass is 35.5. The Morgan fingerprint density at radius 3 is 2.46 bits per heavy atom. The molecule has 28 heavy (non-hydrogen) atoms. The zero-order valence-corrected chi connectivity index (χ0v) is 16.4. The molecule has 3 N–H and O–H groups in total. The maximum absolute atomic E-state index is 10.3. The van der Waals surface area contributed by atoms with Gasteiger partial charge < -0.3 is 15.1 Å². The van der Waals surface area contributed by atoms with Crippen molar-refractivity contribution in [3.63, 3.8) is 0 Å². The molecule has 146 valence electrons. The number of nitrogens with one attached hydrogen (secondary N) is 1. The van der Waals surface area contributed by atoms with Gasteiger partial charge in [0, 0.05) is 43.9 Å². The SMILES string of the molecule is CC(c1ccccc1)N1CCN(c2cn[nH]c2-c2cc(Cl)c(O)cc2O)CC1. The Balaban J connectivity index is 1.51. The number of anilines is 1. The minimum absolute atomic E-state index is 0.0382. The second-order valence-corrected chi connectivity index (χ2v) is 7.47. The average molecular weight is 399 g/mol. The van der Waals surface area contributed by atoms with Crippen molar-refractivity contribution in [1.82, 2.24) is 15.1 Å². The predicted octanol–water partition coefficient (Wildman–Crippen LogP) is 4.02. The van der Waals surface area contributed by atoms with Gasteiger partial charge in [0.25, 0.3) is 0 Å². The fourth-order valence-electron chi connectivity index (χ4n) is 3.76. The number of benzene rings is 2. The predicted molar refractivity (Wildman–Crippen MR) is 111 cm³/mol. The molecule has 2 heterocycles. The highest BCUT2D eigenvalue weighted by molar-refractivity contribution is 6.32. The van der Waals surface area contributed by atoms with Crippen molar-refractivity contribution in [1.29, 1.82) is 0 Å². The monoisotopic (exact) mass is 398 g/mol. The number of piperazine rings is 1. The summed E-state index contributed by atoms with van der Waals surface area (Å²) < 4.78 is 0. The van der Waals surface area contributed by atoms with E-state index in [0.29, 0.717) is 17.3 Å². The highest BCUT2D eigenvalue weighted by Crippen LogP contribution is 2.40. The highest BCUT2D eigenvalue weighted by Gasteiger charge is 2.25. The number of aromatic nitrogens is 2. The normalized spacial score (nSPS) is 16.3. The third-order valence-corrected chi connectivity index (χ3v) is 5.74. The van der Waals surface area contributed by atoms with Crippen LogP contribution in [0, 0.1) is 0 Å². The number of hydrogen-bond donors (Lipinski definition) is 3. The molecule has 0 saturated carbocycles. The van der Waals surface area contributed by atoms with Crippen LogP contribution in [0.25, 0.3) is 11.3 Å². The van der Waals surface area contributed by atoms with E-state index in [4.69, 9.17) is 11.6 Å². The van der Waals surface area contributed by atoms with Crippen molar-refractivity contribution in [2.45, 2.75) is 13.0 Å². The molecule has 1 aliphatic rings. The standard InChI is InChI=1S/C21H23ClN4O2/c1-14(15-5-3-2-4-6-15)25-7-9-26(10-8-25)18-13-23-24-21(18)16-11-17(22)20(28)12-19(16)27/h2-6,11-14,27-28H,7-10H2,1H3,(H,23,24). The van der Waals surface area contributed by atoms with Crippen molar-refractivity contribution in [2.24, 2.45) is 0 Å². The van der Waals surface area contributed by atoms with Crippen LogP contribution in [0.5, 0.6) is 11.5 Å². The molecule has 0 aliphatic carbocycles. The molecule has 1 saturated heterocycles. The van der Waals surface area contributed by atoms with Crippen molar-refractivity contribution >= 4 is 17.3 Å². The van der Waals surface area contributed by atoms with E-state index in [1.54, 1.807) is 12.3 Å². The van der Waals surface area contributed by atoms with E-state index in [0.717, 1.165) is 31.9 Å². The number of halogens is 1. The number of phenols is 2. The van der Waals surface area contributed by atoms with E-state index in [2.05, 4.69) is 51.2 Å². The maximum atomic E-state index is 10.3. The van der Waals surface area contributed by atoms with Crippen LogP contribution in [-0.2, 0) is 0 Å². The summed E-state index contributed by atoms with van der Waals surface area (Å²) in [5.41, 5.74) is 3.46. The second kappa shape index (κ2) is 7.73. The zero-order chi connectivity index (χ0) is 19.7. The maximum Gasteiger partial charge on any atom is 0.137 e. The lowest BCUT2D eigenvalue weighted by atomic mass is 10.1. The van der Waals surface area contributed by atoms with Gasteiger partial charge in [-0.15, -0.1) is 0 Å². The average Bonchev–Trinajstić information content (AvgIpc) is 3.20. The molecule has 7 heteroatoms. The summed E-state index contributed by atoms with van der Waals surface area (Å²) in [5.74, 6) is -0.184. The van der Waals surface area contributed by atoms with Crippen molar-refractivity contribution in [2.75, 3.05) is 31.1 Å². The molecule has 0 bridgehead atoms. The smallest absolute Gasteiger partial charge is 0.137 e. The molecule has 3 aromatic rings. The first-order valence-corrected chi connectivity index (χ1v) is 9.71.